The fraction of sp³-hybridized carbons (Fsp3) is 0.467. The lowest BCUT2D eigenvalue weighted by Gasteiger charge is -2.13. The summed E-state index contributed by atoms with van der Waals surface area (Å²) in [5.41, 5.74) is 4.56. The molecule has 1 aliphatic carbocycles. The highest BCUT2D eigenvalue weighted by Crippen LogP contribution is 2.32. The molecule has 1 aromatic rings. The Hall–Kier alpha value is -1.08. The normalized spacial score (nSPS) is 19.2. The van der Waals surface area contributed by atoms with Crippen LogP contribution in [0.25, 0.3) is 0 Å². The fourth-order valence-electron chi connectivity index (χ4n) is 2.56. The van der Waals surface area contributed by atoms with E-state index in [0.29, 0.717) is 6.04 Å². The Morgan fingerprint density at radius 2 is 2.31 bits per heavy atom. The third-order valence-corrected chi connectivity index (χ3v) is 3.44. The van der Waals surface area contributed by atoms with E-state index < -0.39 is 0 Å². The van der Waals surface area contributed by atoms with Gasteiger partial charge in [-0.3, -0.25) is 0 Å². The Labute approximate surface area is 98.6 Å². The third kappa shape index (κ3) is 2.35. The summed E-state index contributed by atoms with van der Waals surface area (Å²) < 4.78 is 0. The van der Waals surface area contributed by atoms with Gasteiger partial charge >= 0.3 is 0 Å². The molecule has 0 saturated carbocycles. The van der Waals surface area contributed by atoms with Gasteiger partial charge in [0.05, 0.1) is 0 Å². The summed E-state index contributed by atoms with van der Waals surface area (Å²) >= 11 is 0. The Balaban J connectivity index is 1.98. The molecule has 1 unspecified atom stereocenters. The van der Waals surface area contributed by atoms with Crippen LogP contribution in [-0.4, -0.2) is 6.54 Å². The predicted octanol–water partition coefficient (Wildman–Crippen LogP) is 3.54. The van der Waals surface area contributed by atoms with E-state index in [2.05, 4.69) is 49.5 Å². The van der Waals surface area contributed by atoms with Gasteiger partial charge in [-0.15, -0.1) is 0 Å². The fourth-order valence-corrected chi connectivity index (χ4v) is 2.56. The van der Waals surface area contributed by atoms with Crippen molar-refractivity contribution in [3.05, 3.63) is 47.0 Å². The summed E-state index contributed by atoms with van der Waals surface area (Å²) in [6, 6.07) is 7.27. The van der Waals surface area contributed by atoms with Crippen LogP contribution in [0.5, 0.6) is 0 Å². The van der Waals surface area contributed by atoms with Crippen molar-refractivity contribution in [1.29, 1.82) is 0 Å². The van der Waals surface area contributed by atoms with Crippen molar-refractivity contribution in [3.63, 3.8) is 0 Å². The van der Waals surface area contributed by atoms with Crippen LogP contribution in [0.4, 0.5) is 0 Å². The number of benzene rings is 1. The predicted molar refractivity (Wildman–Crippen MR) is 69.7 cm³/mol. The lowest BCUT2D eigenvalue weighted by Crippen LogP contribution is -2.19. The lowest BCUT2D eigenvalue weighted by molar-refractivity contribution is 0.536. The first kappa shape index (κ1) is 11.4. The molecular formula is C15H21N. The maximum Gasteiger partial charge on any atom is 0.0326 e. The molecule has 16 heavy (non-hydrogen) atoms. The maximum absolute atomic E-state index is 3.65. The van der Waals surface area contributed by atoms with E-state index in [1.807, 2.05) is 0 Å². The van der Waals surface area contributed by atoms with E-state index in [0.717, 1.165) is 13.0 Å². The number of aryl methyl sites for hydroxylation is 1. The second-order valence-corrected chi connectivity index (χ2v) is 4.55. The molecule has 2 rings (SSSR count). The Kier molecular flexibility index (Phi) is 3.79. The van der Waals surface area contributed by atoms with Crippen LogP contribution in [-0.2, 0) is 6.42 Å². The number of hydrogen-bond donors (Lipinski definition) is 1. The minimum atomic E-state index is 0.583. The molecule has 0 aromatic heterocycles. The van der Waals surface area contributed by atoms with Crippen LogP contribution in [0.1, 0.15) is 42.5 Å². The van der Waals surface area contributed by atoms with Gasteiger partial charge in [0.2, 0.25) is 0 Å². The number of rotatable bonds is 4. The molecule has 1 nitrogen and oxygen atoms in total. The SMILES string of the molecule is C/C=C/CCNC1CCc2c(C)cccc21. The highest BCUT2D eigenvalue weighted by Gasteiger charge is 2.22. The second kappa shape index (κ2) is 5.31. The summed E-state index contributed by atoms with van der Waals surface area (Å²) in [5.74, 6) is 0. The van der Waals surface area contributed by atoms with Gasteiger partial charge in [-0.05, 0) is 56.3 Å². The standard InChI is InChI=1S/C15H21N/c1-3-4-5-11-16-15-10-9-13-12(2)7-6-8-14(13)15/h3-4,6-8,15-16H,5,9-11H2,1-2H3/b4-3+. The number of fused-ring (bicyclic) bond motifs is 1. The zero-order valence-corrected chi connectivity index (χ0v) is 10.3. The molecular weight excluding hydrogens is 194 g/mol. The van der Waals surface area contributed by atoms with E-state index in [1.165, 1.54) is 24.0 Å². The molecule has 1 aromatic carbocycles. The van der Waals surface area contributed by atoms with Crippen molar-refractivity contribution in [1.82, 2.24) is 5.32 Å². The summed E-state index contributed by atoms with van der Waals surface area (Å²) in [4.78, 5) is 0. The van der Waals surface area contributed by atoms with Crippen LogP contribution in [0.3, 0.4) is 0 Å². The molecule has 0 bridgehead atoms. The first-order chi connectivity index (χ1) is 7.83. The monoisotopic (exact) mass is 215 g/mol. The van der Waals surface area contributed by atoms with E-state index in [4.69, 9.17) is 0 Å². The average Bonchev–Trinajstić information content (AvgIpc) is 2.70. The van der Waals surface area contributed by atoms with E-state index in [1.54, 1.807) is 5.56 Å². The number of allylic oxidation sites excluding steroid dienone is 1. The molecule has 0 fully saturated rings. The van der Waals surface area contributed by atoms with Crippen molar-refractivity contribution in [3.8, 4) is 0 Å². The summed E-state index contributed by atoms with van der Waals surface area (Å²) in [6.07, 6.45) is 7.97. The molecule has 0 heterocycles. The van der Waals surface area contributed by atoms with Crippen LogP contribution >= 0.6 is 0 Å². The van der Waals surface area contributed by atoms with Gasteiger partial charge in [-0.25, -0.2) is 0 Å². The largest absolute Gasteiger partial charge is 0.310 e. The topological polar surface area (TPSA) is 12.0 Å². The average molecular weight is 215 g/mol. The van der Waals surface area contributed by atoms with Crippen LogP contribution < -0.4 is 5.32 Å². The number of hydrogen-bond acceptors (Lipinski definition) is 1. The summed E-state index contributed by atoms with van der Waals surface area (Å²) in [5, 5.41) is 3.65. The first-order valence-electron chi connectivity index (χ1n) is 6.26. The van der Waals surface area contributed by atoms with Crippen molar-refractivity contribution >= 4 is 0 Å². The molecule has 0 amide bonds. The molecule has 0 spiro atoms. The highest BCUT2D eigenvalue weighted by molar-refractivity contribution is 5.40. The van der Waals surface area contributed by atoms with Crippen molar-refractivity contribution < 1.29 is 0 Å². The molecule has 0 saturated heterocycles. The van der Waals surface area contributed by atoms with Crippen LogP contribution in [0, 0.1) is 6.92 Å². The van der Waals surface area contributed by atoms with Crippen molar-refractivity contribution in [2.24, 2.45) is 0 Å². The molecule has 1 aliphatic rings. The molecule has 0 aliphatic heterocycles. The molecule has 1 heteroatoms. The minimum Gasteiger partial charge on any atom is -0.310 e. The van der Waals surface area contributed by atoms with Gasteiger partial charge < -0.3 is 5.32 Å². The van der Waals surface area contributed by atoms with E-state index in [9.17, 15) is 0 Å². The highest BCUT2D eigenvalue weighted by atomic mass is 14.9. The van der Waals surface area contributed by atoms with Gasteiger partial charge in [0.15, 0.2) is 0 Å². The van der Waals surface area contributed by atoms with E-state index >= 15 is 0 Å². The Bertz CT molecular complexity index is 379. The Morgan fingerprint density at radius 3 is 3.12 bits per heavy atom. The Morgan fingerprint density at radius 1 is 1.44 bits per heavy atom. The van der Waals surface area contributed by atoms with Gasteiger partial charge in [0, 0.05) is 6.04 Å². The van der Waals surface area contributed by atoms with Crippen LogP contribution in [0.2, 0.25) is 0 Å². The smallest absolute Gasteiger partial charge is 0.0326 e. The second-order valence-electron chi connectivity index (χ2n) is 4.55. The van der Waals surface area contributed by atoms with Gasteiger partial charge in [-0.1, -0.05) is 30.4 Å². The first-order valence-corrected chi connectivity index (χ1v) is 6.26. The van der Waals surface area contributed by atoms with Crippen molar-refractivity contribution in [2.75, 3.05) is 6.54 Å². The van der Waals surface area contributed by atoms with Gasteiger partial charge in [0.1, 0.15) is 0 Å². The molecule has 1 N–H and O–H groups in total. The van der Waals surface area contributed by atoms with Crippen molar-refractivity contribution in [2.45, 2.75) is 39.2 Å². The van der Waals surface area contributed by atoms with Gasteiger partial charge in [-0.2, -0.15) is 0 Å². The quantitative estimate of drug-likeness (QED) is 0.598. The minimum absolute atomic E-state index is 0.583. The van der Waals surface area contributed by atoms with E-state index in [-0.39, 0.29) is 0 Å². The van der Waals surface area contributed by atoms with Gasteiger partial charge in [0.25, 0.3) is 0 Å². The lowest BCUT2D eigenvalue weighted by atomic mass is 10.0. The summed E-state index contributed by atoms with van der Waals surface area (Å²) in [7, 11) is 0. The molecule has 86 valence electrons. The zero-order chi connectivity index (χ0) is 11.4. The summed E-state index contributed by atoms with van der Waals surface area (Å²) in [6.45, 7) is 5.39. The van der Waals surface area contributed by atoms with Crippen LogP contribution in [0.15, 0.2) is 30.4 Å². The number of nitrogens with one attached hydrogen (secondary N) is 1. The maximum atomic E-state index is 3.65. The molecule has 0 radical (unpaired) electrons. The molecule has 1 atom stereocenters. The zero-order valence-electron chi connectivity index (χ0n) is 10.3. The third-order valence-electron chi connectivity index (χ3n) is 3.44.